The van der Waals surface area contributed by atoms with E-state index in [0.717, 1.165) is 29.1 Å². The standard InChI is InChI=1S/C26H25F3N4O2/c1-15-13-32(14-31-15)22-6-3-16(8-24(22)35-2)7-17-4-5-19-11-30-12-23(33(19)26(17)34)18-9-20(27)25(29)21(28)10-18/h3,6-10,13-14,19,23,30H,4-5,11-12H2,1-2H3/b17-7+/t19-,23?/m1/s1. The molecule has 2 atom stereocenters. The Morgan fingerprint density at radius 2 is 1.91 bits per heavy atom. The summed E-state index contributed by atoms with van der Waals surface area (Å²) in [6.07, 6.45) is 6.71. The van der Waals surface area contributed by atoms with E-state index in [1.54, 1.807) is 18.3 Å². The highest BCUT2D eigenvalue weighted by Crippen LogP contribution is 2.36. The van der Waals surface area contributed by atoms with Gasteiger partial charge < -0.3 is 19.5 Å². The molecule has 2 aliphatic rings. The summed E-state index contributed by atoms with van der Waals surface area (Å²) in [5.74, 6) is -3.59. The van der Waals surface area contributed by atoms with Gasteiger partial charge >= 0.3 is 0 Å². The van der Waals surface area contributed by atoms with Crippen LogP contribution in [0.3, 0.4) is 0 Å². The van der Waals surface area contributed by atoms with Crippen molar-refractivity contribution in [2.75, 3.05) is 20.2 Å². The number of imidazole rings is 1. The number of nitrogens with zero attached hydrogens (tertiary/aromatic N) is 3. The third-order valence-electron chi connectivity index (χ3n) is 6.63. The SMILES string of the molecule is COc1cc(/C=C2\CC[C@@H]3CNCC(c4cc(F)c(F)c(F)c4)N3C2=O)ccc1-n1cnc(C)c1. The second-order valence-corrected chi connectivity index (χ2v) is 8.90. The van der Waals surface area contributed by atoms with E-state index in [1.165, 1.54) is 0 Å². The monoisotopic (exact) mass is 482 g/mol. The molecule has 0 spiro atoms. The lowest BCUT2D eigenvalue weighted by molar-refractivity contribution is -0.135. The lowest BCUT2D eigenvalue weighted by Gasteiger charge is -2.46. The summed E-state index contributed by atoms with van der Waals surface area (Å²) in [7, 11) is 1.59. The highest BCUT2D eigenvalue weighted by molar-refractivity contribution is 5.99. The molecule has 35 heavy (non-hydrogen) atoms. The molecule has 0 aliphatic carbocycles. The predicted molar refractivity (Wildman–Crippen MR) is 125 cm³/mol. The maximum atomic E-state index is 13.9. The highest BCUT2D eigenvalue weighted by atomic mass is 19.2. The number of methoxy groups -OCH3 is 1. The summed E-state index contributed by atoms with van der Waals surface area (Å²) in [5.41, 5.74) is 3.34. The first kappa shape index (κ1) is 23.2. The van der Waals surface area contributed by atoms with Gasteiger partial charge in [0.25, 0.3) is 5.91 Å². The van der Waals surface area contributed by atoms with Gasteiger partial charge in [-0.25, -0.2) is 18.2 Å². The molecule has 6 nitrogen and oxygen atoms in total. The van der Waals surface area contributed by atoms with Crippen LogP contribution >= 0.6 is 0 Å². The Hall–Kier alpha value is -3.59. The molecule has 2 saturated heterocycles. The van der Waals surface area contributed by atoms with Crippen LogP contribution in [0, 0.1) is 24.4 Å². The number of aromatic nitrogens is 2. The van der Waals surface area contributed by atoms with Crippen molar-refractivity contribution in [1.82, 2.24) is 19.8 Å². The number of carbonyl (C=O) groups excluding carboxylic acids is 1. The van der Waals surface area contributed by atoms with Gasteiger partial charge in [0.1, 0.15) is 5.75 Å². The molecule has 1 amide bonds. The first-order valence-electron chi connectivity index (χ1n) is 11.4. The Bertz CT molecular complexity index is 1300. The number of hydrogen-bond acceptors (Lipinski definition) is 4. The Morgan fingerprint density at radius 3 is 2.60 bits per heavy atom. The molecule has 3 aromatic rings. The van der Waals surface area contributed by atoms with Crippen molar-refractivity contribution < 1.29 is 22.7 Å². The van der Waals surface area contributed by atoms with Crippen LogP contribution in [0.15, 0.2) is 48.4 Å². The van der Waals surface area contributed by atoms with Crippen LogP contribution in [0.1, 0.15) is 35.7 Å². The highest BCUT2D eigenvalue weighted by Gasteiger charge is 2.39. The van der Waals surface area contributed by atoms with Gasteiger partial charge in [-0.05, 0) is 61.2 Å². The van der Waals surface area contributed by atoms with Gasteiger partial charge in [0.05, 0.1) is 30.9 Å². The summed E-state index contributed by atoms with van der Waals surface area (Å²) in [5, 5.41) is 3.23. The van der Waals surface area contributed by atoms with E-state index in [1.807, 2.05) is 42.0 Å². The smallest absolute Gasteiger partial charge is 0.250 e. The molecule has 5 rings (SSSR count). The van der Waals surface area contributed by atoms with E-state index < -0.39 is 23.5 Å². The van der Waals surface area contributed by atoms with Gasteiger partial charge in [-0.1, -0.05) is 6.07 Å². The minimum absolute atomic E-state index is 0.115. The molecular weight excluding hydrogens is 457 g/mol. The fourth-order valence-corrected chi connectivity index (χ4v) is 4.91. The Kier molecular flexibility index (Phi) is 6.10. The fraction of sp³-hybridized carbons (Fsp3) is 0.308. The maximum Gasteiger partial charge on any atom is 0.250 e. The van der Waals surface area contributed by atoms with Gasteiger partial charge in [-0.15, -0.1) is 0 Å². The van der Waals surface area contributed by atoms with Gasteiger partial charge in [-0.3, -0.25) is 4.79 Å². The van der Waals surface area contributed by atoms with Crippen molar-refractivity contribution in [2.24, 2.45) is 0 Å². The molecule has 0 radical (unpaired) electrons. The van der Waals surface area contributed by atoms with Crippen LogP contribution in [0.2, 0.25) is 0 Å². The van der Waals surface area contributed by atoms with Crippen LogP contribution in [0.5, 0.6) is 5.75 Å². The first-order valence-corrected chi connectivity index (χ1v) is 11.4. The summed E-state index contributed by atoms with van der Waals surface area (Å²) >= 11 is 0. The van der Waals surface area contributed by atoms with E-state index in [-0.39, 0.29) is 17.5 Å². The number of rotatable bonds is 4. The third-order valence-corrected chi connectivity index (χ3v) is 6.63. The minimum atomic E-state index is -1.51. The predicted octanol–water partition coefficient (Wildman–Crippen LogP) is 4.33. The van der Waals surface area contributed by atoms with Crippen molar-refractivity contribution in [1.29, 1.82) is 0 Å². The van der Waals surface area contributed by atoms with Gasteiger partial charge in [-0.2, -0.15) is 0 Å². The van der Waals surface area contributed by atoms with Gasteiger partial charge in [0.2, 0.25) is 0 Å². The molecule has 0 bridgehead atoms. The first-order chi connectivity index (χ1) is 16.9. The largest absolute Gasteiger partial charge is 0.495 e. The summed E-state index contributed by atoms with van der Waals surface area (Å²) < 4.78 is 48.8. The number of piperidine rings is 1. The molecular formula is C26H25F3N4O2. The number of nitrogens with one attached hydrogen (secondary N) is 1. The van der Waals surface area contributed by atoms with E-state index >= 15 is 0 Å². The zero-order chi connectivity index (χ0) is 24.7. The number of fused-ring (bicyclic) bond motifs is 1. The average Bonchev–Trinajstić information content (AvgIpc) is 3.29. The second-order valence-electron chi connectivity index (χ2n) is 8.90. The number of hydrogen-bond donors (Lipinski definition) is 1. The fourth-order valence-electron chi connectivity index (χ4n) is 4.91. The van der Waals surface area contributed by atoms with Gasteiger partial charge in [0, 0.05) is 30.9 Å². The van der Waals surface area contributed by atoms with Crippen molar-refractivity contribution in [2.45, 2.75) is 31.8 Å². The van der Waals surface area contributed by atoms with E-state index in [0.29, 0.717) is 37.3 Å². The van der Waals surface area contributed by atoms with Crippen LogP contribution in [-0.4, -0.2) is 46.6 Å². The second kappa shape index (κ2) is 9.22. The number of piperazine rings is 1. The van der Waals surface area contributed by atoms with Crippen LogP contribution in [0.25, 0.3) is 11.8 Å². The van der Waals surface area contributed by atoms with E-state index in [2.05, 4.69) is 10.3 Å². The number of carbonyl (C=O) groups is 1. The number of aryl methyl sites for hydroxylation is 1. The molecule has 0 saturated carbocycles. The topological polar surface area (TPSA) is 59.4 Å². The van der Waals surface area contributed by atoms with Crippen molar-refractivity contribution in [3.05, 3.63) is 82.7 Å². The van der Waals surface area contributed by atoms with E-state index in [9.17, 15) is 18.0 Å². The normalized spacial score (nSPS) is 21.3. The summed E-state index contributed by atoms with van der Waals surface area (Å²) in [6, 6.07) is 6.89. The summed E-state index contributed by atoms with van der Waals surface area (Å²) in [4.78, 5) is 19.5. The number of amides is 1. The van der Waals surface area contributed by atoms with Crippen molar-refractivity contribution in [3.8, 4) is 11.4 Å². The zero-order valence-electron chi connectivity index (χ0n) is 19.4. The number of ether oxygens (including phenoxy) is 1. The minimum Gasteiger partial charge on any atom is -0.495 e. The summed E-state index contributed by atoms with van der Waals surface area (Å²) in [6.45, 7) is 2.82. The third kappa shape index (κ3) is 4.32. The lowest BCUT2D eigenvalue weighted by atomic mass is 9.89. The van der Waals surface area contributed by atoms with Gasteiger partial charge in [0.15, 0.2) is 17.5 Å². The van der Waals surface area contributed by atoms with Crippen LogP contribution in [-0.2, 0) is 4.79 Å². The van der Waals surface area contributed by atoms with Crippen molar-refractivity contribution in [3.63, 3.8) is 0 Å². The maximum absolute atomic E-state index is 13.9. The molecule has 3 heterocycles. The Morgan fingerprint density at radius 1 is 1.14 bits per heavy atom. The molecule has 182 valence electrons. The number of benzene rings is 2. The molecule has 1 unspecified atom stereocenters. The quantitative estimate of drug-likeness (QED) is 0.445. The molecule has 2 aromatic carbocycles. The van der Waals surface area contributed by atoms with Crippen molar-refractivity contribution >= 4 is 12.0 Å². The molecule has 2 aliphatic heterocycles. The molecule has 1 aromatic heterocycles. The Labute approximate surface area is 201 Å². The molecule has 2 fully saturated rings. The zero-order valence-corrected chi connectivity index (χ0v) is 19.4. The van der Waals surface area contributed by atoms with Crippen LogP contribution in [0.4, 0.5) is 13.2 Å². The molecule has 1 N–H and O–H groups in total. The number of halogens is 3. The lowest BCUT2D eigenvalue weighted by Crippen LogP contribution is -2.57. The average molecular weight is 483 g/mol. The molecule has 9 heteroatoms. The van der Waals surface area contributed by atoms with Crippen LogP contribution < -0.4 is 10.1 Å². The van der Waals surface area contributed by atoms with E-state index in [4.69, 9.17) is 4.74 Å². The Balaban J connectivity index is 1.46.